The van der Waals surface area contributed by atoms with Gasteiger partial charge in [0.2, 0.25) is 0 Å². The summed E-state index contributed by atoms with van der Waals surface area (Å²) in [7, 11) is 0. The SMILES string of the molecule is CC(NC(=O)c1ccc(NC(=O)Nc2ccccc2)cc1)c1ccccc1. The predicted molar refractivity (Wildman–Crippen MR) is 108 cm³/mol. The molecule has 3 rings (SSSR count). The van der Waals surface area contributed by atoms with Crippen LogP contribution < -0.4 is 16.0 Å². The average molecular weight is 359 g/mol. The summed E-state index contributed by atoms with van der Waals surface area (Å²) in [5.74, 6) is -0.161. The van der Waals surface area contributed by atoms with Gasteiger partial charge >= 0.3 is 6.03 Å². The Bertz CT molecular complexity index is 894. The molecule has 3 amide bonds. The van der Waals surface area contributed by atoms with E-state index >= 15 is 0 Å². The van der Waals surface area contributed by atoms with E-state index in [1.807, 2.05) is 55.5 Å². The molecule has 0 bridgehead atoms. The fourth-order valence-electron chi connectivity index (χ4n) is 2.62. The van der Waals surface area contributed by atoms with Crippen LogP contribution in [0.4, 0.5) is 16.2 Å². The van der Waals surface area contributed by atoms with Crippen molar-refractivity contribution >= 4 is 23.3 Å². The Kier molecular flexibility index (Phi) is 5.84. The van der Waals surface area contributed by atoms with Crippen LogP contribution in [-0.2, 0) is 0 Å². The van der Waals surface area contributed by atoms with Crippen molar-refractivity contribution in [3.8, 4) is 0 Å². The smallest absolute Gasteiger partial charge is 0.323 e. The Balaban J connectivity index is 1.56. The van der Waals surface area contributed by atoms with Gasteiger partial charge in [-0.1, -0.05) is 48.5 Å². The van der Waals surface area contributed by atoms with E-state index in [1.54, 1.807) is 36.4 Å². The minimum Gasteiger partial charge on any atom is -0.346 e. The normalized spacial score (nSPS) is 11.3. The lowest BCUT2D eigenvalue weighted by atomic mass is 10.1. The van der Waals surface area contributed by atoms with E-state index in [9.17, 15) is 9.59 Å². The van der Waals surface area contributed by atoms with Crippen LogP contribution in [0, 0.1) is 0 Å². The first-order valence-electron chi connectivity index (χ1n) is 8.71. The van der Waals surface area contributed by atoms with Gasteiger partial charge in [-0.15, -0.1) is 0 Å². The summed E-state index contributed by atoms with van der Waals surface area (Å²) in [5, 5.41) is 8.45. The molecule has 0 fully saturated rings. The van der Waals surface area contributed by atoms with Crippen molar-refractivity contribution in [1.82, 2.24) is 5.32 Å². The van der Waals surface area contributed by atoms with Crippen molar-refractivity contribution in [2.24, 2.45) is 0 Å². The Morgan fingerprint density at radius 3 is 1.81 bits per heavy atom. The summed E-state index contributed by atoms with van der Waals surface area (Å²) in [4.78, 5) is 24.4. The van der Waals surface area contributed by atoms with Gasteiger partial charge in [-0.3, -0.25) is 4.79 Å². The molecule has 27 heavy (non-hydrogen) atoms. The van der Waals surface area contributed by atoms with Crippen LogP contribution in [-0.4, -0.2) is 11.9 Å². The lowest BCUT2D eigenvalue weighted by Gasteiger charge is -2.14. The van der Waals surface area contributed by atoms with Crippen LogP contribution in [0.15, 0.2) is 84.9 Å². The first kappa shape index (κ1) is 18.2. The van der Waals surface area contributed by atoms with Crippen molar-refractivity contribution < 1.29 is 9.59 Å². The van der Waals surface area contributed by atoms with Crippen LogP contribution >= 0.6 is 0 Å². The molecule has 0 aliphatic carbocycles. The molecule has 0 aliphatic rings. The molecule has 0 saturated carbocycles. The lowest BCUT2D eigenvalue weighted by Crippen LogP contribution is -2.26. The summed E-state index contributed by atoms with van der Waals surface area (Å²) in [6.45, 7) is 1.94. The number of anilines is 2. The second-order valence-corrected chi connectivity index (χ2v) is 6.13. The predicted octanol–water partition coefficient (Wildman–Crippen LogP) is 4.82. The van der Waals surface area contributed by atoms with Gasteiger partial charge in [0.25, 0.3) is 5.91 Å². The van der Waals surface area contributed by atoms with Crippen molar-refractivity contribution in [3.63, 3.8) is 0 Å². The molecular formula is C22H21N3O2. The molecule has 1 atom stereocenters. The molecule has 0 heterocycles. The van der Waals surface area contributed by atoms with Crippen LogP contribution in [0.1, 0.15) is 28.9 Å². The van der Waals surface area contributed by atoms with Gasteiger partial charge in [-0.05, 0) is 48.9 Å². The van der Waals surface area contributed by atoms with Gasteiger partial charge in [0.1, 0.15) is 0 Å². The fourth-order valence-corrected chi connectivity index (χ4v) is 2.62. The van der Waals surface area contributed by atoms with Gasteiger partial charge in [0.05, 0.1) is 6.04 Å². The molecule has 1 unspecified atom stereocenters. The molecule has 0 aliphatic heterocycles. The van der Waals surface area contributed by atoms with Gasteiger partial charge in [-0.25, -0.2) is 4.79 Å². The van der Waals surface area contributed by atoms with Crippen LogP contribution in [0.25, 0.3) is 0 Å². The second-order valence-electron chi connectivity index (χ2n) is 6.13. The van der Waals surface area contributed by atoms with E-state index in [4.69, 9.17) is 0 Å². The van der Waals surface area contributed by atoms with Crippen molar-refractivity contribution in [2.75, 3.05) is 10.6 Å². The third-order valence-electron chi connectivity index (χ3n) is 4.08. The van der Waals surface area contributed by atoms with Crippen molar-refractivity contribution in [2.45, 2.75) is 13.0 Å². The maximum Gasteiger partial charge on any atom is 0.323 e. The molecular weight excluding hydrogens is 338 g/mol. The summed E-state index contributed by atoms with van der Waals surface area (Å²) in [6.07, 6.45) is 0. The largest absolute Gasteiger partial charge is 0.346 e. The minimum atomic E-state index is -0.337. The number of amides is 3. The van der Waals surface area contributed by atoms with Crippen molar-refractivity contribution in [1.29, 1.82) is 0 Å². The van der Waals surface area contributed by atoms with Gasteiger partial charge < -0.3 is 16.0 Å². The third kappa shape index (κ3) is 5.19. The molecule has 3 N–H and O–H groups in total. The Morgan fingerprint density at radius 2 is 1.22 bits per heavy atom. The summed E-state index contributed by atoms with van der Waals surface area (Å²) >= 11 is 0. The van der Waals surface area contributed by atoms with E-state index in [2.05, 4.69) is 16.0 Å². The highest BCUT2D eigenvalue weighted by atomic mass is 16.2. The number of carbonyl (C=O) groups is 2. The molecule has 0 radical (unpaired) electrons. The molecule has 0 aromatic heterocycles. The van der Waals surface area contributed by atoms with Gasteiger partial charge in [-0.2, -0.15) is 0 Å². The maximum absolute atomic E-state index is 12.4. The zero-order chi connectivity index (χ0) is 19.1. The fraction of sp³-hybridized carbons (Fsp3) is 0.0909. The Labute approximate surface area is 158 Å². The van der Waals surface area contributed by atoms with E-state index in [0.29, 0.717) is 16.9 Å². The Morgan fingerprint density at radius 1 is 0.704 bits per heavy atom. The standard InChI is InChI=1S/C22H21N3O2/c1-16(17-8-4-2-5-9-17)23-21(26)18-12-14-20(15-13-18)25-22(27)24-19-10-6-3-7-11-19/h2-16H,1H3,(H,23,26)(H2,24,25,27). The zero-order valence-electron chi connectivity index (χ0n) is 15.0. The highest BCUT2D eigenvalue weighted by molar-refractivity contribution is 6.00. The number of benzene rings is 3. The monoisotopic (exact) mass is 359 g/mol. The topological polar surface area (TPSA) is 70.2 Å². The molecule has 3 aromatic rings. The van der Waals surface area contributed by atoms with E-state index in [1.165, 1.54) is 0 Å². The highest BCUT2D eigenvalue weighted by Crippen LogP contribution is 2.14. The average Bonchev–Trinajstić information content (AvgIpc) is 2.70. The zero-order valence-corrected chi connectivity index (χ0v) is 15.0. The van der Waals surface area contributed by atoms with Gasteiger partial charge in [0.15, 0.2) is 0 Å². The number of nitrogens with one attached hydrogen (secondary N) is 3. The number of carbonyl (C=O) groups excluding carboxylic acids is 2. The number of rotatable bonds is 5. The summed E-state index contributed by atoms with van der Waals surface area (Å²) in [5.41, 5.74) is 2.89. The van der Waals surface area contributed by atoms with Crippen molar-refractivity contribution in [3.05, 3.63) is 96.1 Å². The first-order valence-corrected chi connectivity index (χ1v) is 8.71. The van der Waals surface area contributed by atoms with Crippen LogP contribution in [0.3, 0.4) is 0 Å². The van der Waals surface area contributed by atoms with E-state index in [-0.39, 0.29) is 18.0 Å². The molecule has 5 heteroatoms. The lowest BCUT2D eigenvalue weighted by molar-refractivity contribution is 0.0940. The van der Waals surface area contributed by atoms with Gasteiger partial charge in [0, 0.05) is 16.9 Å². The number of hydrogen-bond acceptors (Lipinski definition) is 2. The number of para-hydroxylation sites is 1. The minimum absolute atomic E-state index is 0.0897. The van der Waals surface area contributed by atoms with E-state index < -0.39 is 0 Å². The molecule has 136 valence electrons. The quantitative estimate of drug-likeness (QED) is 0.611. The summed E-state index contributed by atoms with van der Waals surface area (Å²) < 4.78 is 0. The third-order valence-corrected chi connectivity index (χ3v) is 4.08. The maximum atomic E-state index is 12.4. The van der Waals surface area contributed by atoms with Crippen LogP contribution in [0.2, 0.25) is 0 Å². The first-order chi connectivity index (χ1) is 13.1. The number of urea groups is 1. The molecule has 3 aromatic carbocycles. The Hall–Kier alpha value is -3.60. The number of hydrogen-bond donors (Lipinski definition) is 3. The van der Waals surface area contributed by atoms with E-state index in [0.717, 1.165) is 5.56 Å². The molecule has 0 spiro atoms. The summed E-state index contributed by atoms with van der Waals surface area (Å²) in [6, 6.07) is 25.3. The second kappa shape index (κ2) is 8.67. The molecule has 0 saturated heterocycles. The molecule has 5 nitrogen and oxygen atoms in total. The van der Waals surface area contributed by atoms with Crippen LogP contribution in [0.5, 0.6) is 0 Å². The highest BCUT2D eigenvalue weighted by Gasteiger charge is 2.11.